The molecule has 46 heavy (non-hydrogen) atoms. The number of fused-ring (bicyclic) bond motifs is 1. The lowest BCUT2D eigenvalue weighted by Gasteiger charge is -2.17. The van der Waals surface area contributed by atoms with Gasteiger partial charge in [0, 0.05) is 27.9 Å². The third-order valence-corrected chi connectivity index (χ3v) is 7.39. The lowest BCUT2D eigenvalue weighted by Crippen LogP contribution is -2.21. The first-order chi connectivity index (χ1) is 22.1. The fraction of sp³-hybridized carbons (Fsp3) is 0.176. The third-order valence-electron chi connectivity index (χ3n) is 7.17. The number of halogens is 1. The van der Waals surface area contributed by atoms with Gasteiger partial charge in [0.25, 0.3) is 11.5 Å². The molecule has 0 saturated heterocycles. The standard InChI is InChI=1S/C34H30ClN5O6/c1-20(2)26-17-27(21(3)14-30(26)45-4)33-38-28-13-9-8-12-25(28)34(42)39(33)36-18-22-15-23(35)16-29(40(43)44)32(22)46-19-31(41)37-24-10-6-5-7-11-24/h5-18,20H,19H2,1-4H3,(H,37,41). The topological polar surface area (TPSA) is 138 Å². The maximum absolute atomic E-state index is 13.9. The van der Waals surface area contributed by atoms with E-state index in [0.717, 1.165) is 21.9 Å². The van der Waals surface area contributed by atoms with Crippen molar-refractivity contribution in [3.8, 4) is 22.9 Å². The van der Waals surface area contributed by atoms with Gasteiger partial charge in [-0.25, -0.2) is 4.98 Å². The Morgan fingerprint density at radius 1 is 1.11 bits per heavy atom. The van der Waals surface area contributed by atoms with E-state index in [0.29, 0.717) is 27.9 Å². The molecule has 12 heteroatoms. The number of nitro benzene ring substituents is 1. The molecule has 0 spiro atoms. The van der Waals surface area contributed by atoms with Crippen LogP contribution in [-0.4, -0.2) is 40.4 Å². The predicted molar refractivity (Wildman–Crippen MR) is 178 cm³/mol. The summed E-state index contributed by atoms with van der Waals surface area (Å²) in [6, 6.07) is 21.9. The van der Waals surface area contributed by atoms with Crippen molar-refractivity contribution >= 4 is 46.0 Å². The van der Waals surface area contributed by atoms with Crippen LogP contribution in [0.15, 0.2) is 88.8 Å². The number of aromatic nitrogens is 2. The zero-order valence-corrected chi connectivity index (χ0v) is 26.2. The Hall–Kier alpha value is -5.55. The van der Waals surface area contributed by atoms with Crippen molar-refractivity contribution in [3.05, 3.63) is 121 Å². The first-order valence-electron chi connectivity index (χ1n) is 14.3. The summed E-state index contributed by atoms with van der Waals surface area (Å²) in [4.78, 5) is 42.6. The molecule has 5 aromatic rings. The number of nitrogens with zero attached hydrogens (tertiary/aromatic N) is 4. The van der Waals surface area contributed by atoms with Gasteiger partial charge in [-0.15, -0.1) is 0 Å². The molecule has 0 atom stereocenters. The number of aryl methyl sites for hydroxylation is 1. The molecular weight excluding hydrogens is 610 g/mol. The molecule has 0 aliphatic rings. The highest BCUT2D eigenvalue weighted by molar-refractivity contribution is 6.31. The van der Waals surface area contributed by atoms with Gasteiger partial charge in [-0.3, -0.25) is 19.7 Å². The van der Waals surface area contributed by atoms with Gasteiger partial charge in [-0.05, 0) is 66.4 Å². The third kappa shape index (κ3) is 6.74. The number of hydrogen-bond acceptors (Lipinski definition) is 8. The molecule has 1 aromatic heterocycles. The van der Waals surface area contributed by atoms with Crippen molar-refractivity contribution in [2.45, 2.75) is 26.7 Å². The van der Waals surface area contributed by atoms with Crippen molar-refractivity contribution in [2.75, 3.05) is 19.0 Å². The zero-order chi connectivity index (χ0) is 33.0. The van der Waals surface area contributed by atoms with Crippen LogP contribution in [0.3, 0.4) is 0 Å². The van der Waals surface area contributed by atoms with Crippen LogP contribution >= 0.6 is 11.6 Å². The molecule has 1 heterocycles. The summed E-state index contributed by atoms with van der Waals surface area (Å²) in [7, 11) is 1.60. The Morgan fingerprint density at radius 3 is 2.52 bits per heavy atom. The predicted octanol–water partition coefficient (Wildman–Crippen LogP) is 6.97. The highest BCUT2D eigenvalue weighted by Crippen LogP contribution is 2.35. The van der Waals surface area contributed by atoms with Gasteiger partial charge < -0.3 is 14.8 Å². The van der Waals surface area contributed by atoms with Crippen molar-refractivity contribution in [3.63, 3.8) is 0 Å². The first-order valence-corrected chi connectivity index (χ1v) is 14.7. The van der Waals surface area contributed by atoms with Crippen LogP contribution in [0.2, 0.25) is 5.02 Å². The van der Waals surface area contributed by atoms with Crippen LogP contribution in [0.1, 0.15) is 36.5 Å². The van der Waals surface area contributed by atoms with Gasteiger partial charge in [0.15, 0.2) is 12.4 Å². The lowest BCUT2D eigenvalue weighted by atomic mass is 9.96. The molecule has 0 radical (unpaired) electrons. The molecule has 11 nitrogen and oxygen atoms in total. The average molecular weight is 640 g/mol. The van der Waals surface area contributed by atoms with Crippen LogP contribution in [0.25, 0.3) is 22.3 Å². The SMILES string of the molecule is COc1cc(C)c(-c2nc3ccccc3c(=O)n2N=Cc2cc(Cl)cc([N+](=O)[O-])c2OCC(=O)Nc2ccccc2)cc1C(C)C. The Labute approximate surface area is 269 Å². The Bertz CT molecular complexity index is 2040. The Morgan fingerprint density at radius 2 is 1.83 bits per heavy atom. The molecule has 0 bridgehead atoms. The Kier molecular flexibility index (Phi) is 9.43. The number of nitrogens with one attached hydrogen (secondary N) is 1. The summed E-state index contributed by atoms with van der Waals surface area (Å²) in [5.41, 5.74) is 2.51. The number of hydrogen-bond donors (Lipinski definition) is 1. The smallest absolute Gasteiger partial charge is 0.313 e. The normalized spacial score (nSPS) is 11.3. The van der Waals surface area contributed by atoms with Gasteiger partial charge in [-0.2, -0.15) is 9.78 Å². The van der Waals surface area contributed by atoms with Crippen molar-refractivity contribution in [1.82, 2.24) is 9.66 Å². The molecular formula is C34H30ClN5O6. The second-order valence-corrected chi connectivity index (χ2v) is 11.1. The van der Waals surface area contributed by atoms with Gasteiger partial charge in [-0.1, -0.05) is 55.8 Å². The highest BCUT2D eigenvalue weighted by atomic mass is 35.5. The molecule has 234 valence electrons. The van der Waals surface area contributed by atoms with Crippen molar-refractivity contribution < 1.29 is 19.2 Å². The number of amides is 1. The van der Waals surface area contributed by atoms with Crippen LogP contribution in [-0.2, 0) is 4.79 Å². The summed E-state index contributed by atoms with van der Waals surface area (Å²) < 4.78 is 12.4. The quantitative estimate of drug-likeness (QED) is 0.0989. The van der Waals surface area contributed by atoms with E-state index in [1.807, 2.05) is 32.9 Å². The van der Waals surface area contributed by atoms with Gasteiger partial charge in [0.05, 0.1) is 29.2 Å². The number of carbonyl (C=O) groups is 1. The van der Waals surface area contributed by atoms with Gasteiger partial charge in [0.1, 0.15) is 5.75 Å². The monoisotopic (exact) mass is 639 g/mol. The van der Waals surface area contributed by atoms with E-state index in [-0.39, 0.29) is 28.1 Å². The summed E-state index contributed by atoms with van der Waals surface area (Å²) in [5, 5.41) is 19.5. The average Bonchev–Trinajstić information content (AvgIpc) is 3.03. The molecule has 0 unspecified atom stereocenters. The maximum atomic E-state index is 13.9. The fourth-order valence-corrected chi connectivity index (χ4v) is 5.16. The summed E-state index contributed by atoms with van der Waals surface area (Å²) in [5.74, 6) is 0.283. The molecule has 5 rings (SSSR count). The molecule has 0 fully saturated rings. The number of methoxy groups -OCH3 is 1. The van der Waals surface area contributed by atoms with Crippen molar-refractivity contribution in [2.24, 2.45) is 5.10 Å². The van der Waals surface area contributed by atoms with E-state index >= 15 is 0 Å². The number of nitro groups is 1. The number of para-hydroxylation sites is 2. The zero-order valence-electron chi connectivity index (χ0n) is 25.5. The van der Waals surface area contributed by atoms with Gasteiger partial charge in [0.2, 0.25) is 5.75 Å². The van der Waals surface area contributed by atoms with E-state index in [9.17, 15) is 19.7 Å². The highest BCUT2D eigenvalue weighted by Gasteiger charge is 2.23. The van der Waals surface area contributed by atoms with Crippen LogP contribution in [0, 0.1) is 17.0 Å². The molecule has 0 aliphatic heterocycles. The second kappa shape index (κ2) is 13.6. The molecule has 1 amide bonds. The lowest BCUT2D eigenvalue weighted by molar-refractivity contribution is -0.385. The van der Waals surface area contributed by atoms with E-state index in [2.05, 4.69) is 10.4 Å². The van der Waals surface area contributed by atoms with E-state index in [1.165, 1.54) is 12.3 Å². The number of rotatable bonds is 10. The van der Waals surface area contributed by atoms with E-state index < -0.39 is 28.7 Å². The number of anilines is 1. The van der Waals surface area contributed by atoms with E-state index in [4.69, 9.17) is 26.1 Å². The fourth-order valence-electron chi connectivity index (χ4n) is 4.94. The number of carbonyl (C=O) groups excluding carboxylic acids is 1. The van der Waals surface area contributed by atoms with Crippen LogP contribution in [0.4, 0.5) is 11.4 Å². The van der Waals surface area contributed by atoms with Crippen LogP contribution in [0.5, 0.6) is 11.5 Å². The minimum atomic E-state index is -0.670. The Balaban J connectivity index is 1.63. The molecule has 1 N–H and O–H groups in total. The number of benzene rings is 4. The minimum absolute atomic E-state index is 0.0334. The molecule has 4 aromatic carbocycles. The van der Waals surface area contributed by atoms with E-state index in [1.54, 1.807) is 61.7 Å². The molecule has 0 saturated carbocycles. The van der Waals surface area contributed by atoms with Gasteiger partial charge >= 0.3 is 5.69 Å². The minimum Gasteiger partial charge on any atom is -0.496 e. The number of ether oxygens (including phenoxy) is 2. The van der Waals surface area contributed by atoms with Crippen LogP contribution < -0.4 is 20.3 Å². The maximum Gasteiger partial charge on any atom is 0.313 e. The largest absolute Gasteiger partial charge is 0.496 e. The summed E-state index contributed by atoms with van der Waals surface area (Å²) in [6.07, 6.45) is 1.23. The summed E-state index contributed by atoms with van der Waals surface area (Å²) in [6.45, 7) is 5.40. The first kappa shape index (κ1) is 31.9. The van der Waals surface area contributed by atoms with Crippen molar-refractivity contribution in [1.29, 1.82) is 0 Å². The summed E-state index contributed by atoms with van der Waals surface area (Å²) >= 11 is 6.26. The molecule has 0 aliphatic carbocycles. The second-order valence-electron chi connectivity index (χ2n) is 10.7.